The summed E-state index contributed by atoms with van der Waals surface area (Å²) in [6.45, 7) is 9.84. The van der Waals surface area contributed by atoms with E-state index in [0.29, 0.717) is 27.1 Å². The third-order valence-electron chi connectivity index (χ3n) is 6.02. The van der Waals surface area contributed by atoms with E-state index >= 15 is 0 Å². The minimum absolute atomic E-state index is 0.200. The third-order valence-corrected chi connectivity index (χ3v) is 7.60. The van der Waals surface area contributed by atoms with Crippen LogP contribution in [0.5, 0.6) is 11.5 Å². The van der Waals surface area contributed by atoms with Crippen LogP contribution in [-0.2, 0) is 9.59 Å². The van der Waals surface area contributed by atoms with Crippen molar-refractivity contribution in [2.24, 2.45) is 0 Å². The molecule has 4 rings (SSSR count). The van der Waals surface area contributed by atoms with Crippen LogP contribution in [0.25, 0.3) is 6.08 Å². The van der Waals surface area contributed by atoms with Crippen LogP contribution in [0, 0.1) is 27.7 Å². The Morgan fingerprint density at radius 1 is 1.03 bits per heavy atom. The summed E-state index contributed by atoms with van der Waals surface area (Å²) < 4.78 is 12.0. The first-order chi connectivity index (χ1) is 18.6. The van der Waals surface area contributed by atoms with E-state index in [1.165, 1.54) is 11.8 Å². The fraction of sp³-hybridized carbons (Fsp3) is 0.233. The number of thiocarbonyl (C=S) groups is 1. The van der Waals surface area contributed by atoms with Crippen LogP contribution in [0.2, 0.25) is 5.02 Å². The van der Waals surface area contributed by atoms with Crippen molar-refractivity contribution in [2.75, 3.05) is 23.4 Å². The summed E-state index contributed by atoms with van der Waals surface area (Å²) in [6.07, 6.45) is 1.73. The smallest absolute Gasteiger partial charge is 0.270 e. The topological polar surface area (TPSA) is 67.9 Å². The molecule has 0 spiro atoms. The number of nitrogens with one attached hydrogen (secondary N) is 1. The molecule has 0 radical (unpaired) electrons. The molecular formula is C30H29ClN2O4S2. The van der Waals surface area contributed by atoms with Gasteiger partial charge in [0.05, 0.1) is 22.2 Å². The molecule has 3 aromatic carbocycles. The summed E-state index contributed by atoms with van der Waals surface area (Å²) in [6, 6.07) is 15.1. The highest BCUT2D eigenvalue weighted by atomic mass is 35.5. The molecule has 9 heteroatoms. The number of hydrogen-bond acceptors (Lipinski definition) is 6. The minimum Gasteiger partial charge on any atom is -0.490 e. The highest BCUT2D eigenvalue weighted by Gasteiger charge is 2.34. The number of ether oxygens (including phenoxy) is 2. The summed E-state index contributed by atoms with van der Waals surface area (Å²) in [4.78, 5) is 27.9. The van der Waals surface area contributed by atoms with Gasteiger partial charge in [0.1, 0.15) is 0 Å². The Bertz CT molecular complexity index is 1500. The van der Waals surface area contributed by atoms with Crippen LogP contribution in [0.1, 0.15) is 34.7 Å². The van der Waals surface area contributed by atoms with E-state index in [2.05, 4.69) is 5.32 Å². The van der Waals surface area contributed by atoms with Crippen LogP contribution >= 0.6 is 35.6 Å². The van der Waals surface area contributed by atoms with Gasteiger partial charge < -0.3 is 14.8 Å². The lowest BCUT2D eigenvalue weighted by Gasteiger charge is -2.17. The second-order valence-corrected chi connectivity index (χ2v) is 11.3. The largest absolute Gasteiger partial charge is 0.490 e. The average molecular weight is 581 g/mol. The minimum atomic E-state index is -0.320. The number of thioether (sulfide) groups is 1. The monoisotopic (exact) mass is 580 g/mol. The Morgan fingerprint density at radius 2 is 1.72 bits per heavy atom. The molecule has 1 heterocycles. The second-order valence-electron chi connectivity index (χ2n) is 9.23. The van der Waals surface area contributed by atoms with E-state index in [1.807, 2.05) is 71.0 Å². The molecule has 0 saturated carbocycles. The SMILES string of the molecule is CCOc1cc(/C=C2\SC(=S)N(c3ccc(C)cc3C)C2=O)cc(Cl)c1OCC(=O)Nc1ccc(C)cc1C. The summed E-state index contributed by atoms with van der Waals surface area (Å²) in [7, 11) is 0. The van der Waals surface area contributed by atoms with E-state index in [0.717, 1.165) is 33.6 Å². The summed E-state index contributed by atoms with van der Waals surface area (Å²) in [5.41, 5.74) is 6.29. The summed E-state index contributed by atoms with van der Waals surface area (Å²) >= 11 is 13.3. The van der Waals surface area contributed by atoms with Crippen molar-refractivity contribution < 1.29 is 19.1 Å². The first-order valence-corrected chi connectivity index (χ1v) is 14.0. The first-order valence-electron chi connectivity index (χ1n) is 12.4. The van der Waals surface area contributed by atoms with Gasteiger partial charge in [-0.1, -0.05) is 71.0 Å². The Hall–Kier alpha value is -3.33. The lowest BCUT2D eigenvalue weighted by Crippen LogP contribution is -2.28. The number of rotatable bonds is 8. The molecular weight excluding hydrogens is 552 g/mol. The molecule has 0 unspecified atom stereocenters. The highest BCUT2D eigenvalue weighted by Crippen LogP contribution is 2.41. The maximum atomic E-state index is 13.3. The molecule has 6 nitrogen and oxygen atoms in total. The number of benzene rings is 3. The van der Waals surface area contributed by atoms with E-state index in [9.17, 15) is 9.59 Å². The van der Waals surface area contributed by atoms with Crippen molar-refractivity contribution >= 4 is 69.2 Å². The van der Waals surface area contributed by atoms with Gasteiger partial charge in [-0.25, -0.2) is 0 Å². The van der Waals surface area contributed by atoms with Crippen molar-refractivity contribution in [1.82, 2.24) is 0 Å². The number of anilines is 2. The van der Waals surface area contributed by atoms with Crippen LogP contribution in [0.15, 0.2) is 53.4 Å². The van der Waals surface area contributed by atoms with Gasteiger partial charge in [0, 0.05) is 5.69 Å². The molecule has 0 aromatic heterocycles. The van der Waals surface area contributed by atoms with Crippen molar-refractivity contribution in [3.8, 4) is 11.5 Å². The molecule has 1 aliphatic heterocycles. The predicted octanol–water partition coefficient (Wildman–Crippen LogP) is 7.40. The van der Waals surface area contributed by atoms with Crippen LogP contribution < -0.4 is 19.7 Å². The maximum Gasteiger partial charge on any atom is 0.270 e. The fourth-order valence-corrected chi connectivity index (χ4v) is 5.79. The zero-order valence-electron chi connectivity index (χ0n) is 22.4. The number of amides is 2. The molecule has 0 aliphatic carbocycles. The molecule has 0 bridgehead atoms. The molecule has 1 aliphatic rings. The van der Waals surface area contributed by atoms with E-state index in [4.69, 9.17) is 33.3 Å². The fourth-order valence-electron chi connectivity index (χ4n) is 4.24. The van der Waals surface area contributed by atoms with Crippen molar-refractivity contribution in [3.05, 3.63) is 86.3 Å². The van der Waals surface area contributed by atoms with Crippen LogP contribution in [0.4, 0.5) is 11.4 Å². The van der Waals surface area contributed by atoms with E-state index in [-0.39, 0.29) is 29.2 Å². The molecule has 1 fully saturated rings. The van der Waals surface area contributed by atoms with E-state index in [1.54, 1.807) is 23.1 Å². The quantitative estimate of drug-likeness (QED) is 0.221. The molecule has 0 atom stereocenters. The third kappa shape index (κ3) is 6.64. The van der Waals surface area contributed by atoms with Gasteiger partial charge in [0.15, 0.2) is 22.4 Å². The van der Waals surface area contributed by atoms with Gasteiger partial charge in [-0.2, -0.15) is 0 Å². The first kappa shape index (κ1) is 28.7. The normalized spacial score (nSPS) is 14.2. The van der Waals surface area contributed by atoms with Gasteiger partial charge in [-0.3, -0.25) is 14.5 Å². The second kappa shape index (κ2) is 12.2. The lowest BCUT2D eigenvalue weighted by atomic mass is 10.1. The molecule has 202 valence electrons. The Balaban J connectivity index is 1.53. The number of carbonyl (C=O) groups excluding carboxylic acids is 2. The predicted molar refractivity (Wildman–Crippen MR) is 164 cm³/mol. The van der Waals surface area contributed by atoms with Gasteiger partial charge >= 0.3 is 0 Å². The van der Waals surface area contributed by atoms with Gasteiger partial charge in [-0.05, 0) is 81.7 Å². The molecule has 2 amide bonds. The Labute approximate surface area is 243 Å². The standard InChI is InChI=1S/C30H29ClN2O4S2/c1-6-36-25-14-21(15-26-29(35)33(30(38)39-26)24-10-8-18(3)12-20(24)5)13-22(31)28(25)37-16-27(34)32-23-9-7-17(2)11-19(23)4/h7-15H,6,16H2,1-5H3,(H,32,34)/b26-15-. The van der Waals surface area contributed by atoms with Gasteiger partial charge in [-0.15, -0.1) is 0 Å². The number of carbonyl (C=O) groups is 2. The van der Waals surface area contributed by atoms with Crippen LogP contribution in [0.3, 0.4) is 0 Å². The Kier molecular flexibility index (Phi) is 9.00. The number of aryl methyl sites for hydroxylation is 4. The van der Waals surface area contributed by atoms with Crippen molar-refractivity contribution in [1.29, 1.82) is 0 Å². The van der Waals surface area contributed by atoms with Crippen molar-refractivity contribution in [2.45, 2.75) is 34.6 Å². The molecule has 1 N–H and O–H groups in total. The lowest BCUT2D eigenvalue weighted by molar-refractivity contribution is -0.118. The summed E-state index contributed by atoms with van der Waals surface area (Å²) in [5, 5.41) is 3.12. The van der Waals surface area contributed by atoms with Gasteiger partial charge in [0.25, 0.3) is 11.8 Å². The zero-order chi connectivity index (χ0) is 28.3. The van der Waals surface area contributed by atoms with E-state index < -0.39 is 0 Å². The molecule has 39 heavy (non-hydrogen) atoms. The van der Waals surface area contributed by atoms with Crippen LogP contribution in [-0.4, -0.2) is 29.3 Å². The summed E-state index contributed by atoms with van der Waals surface area (Å²) in [5.74, 6) is 0.115. The zero-order valence-corrected chi connectivity index (χ0v) is 24.8. The average Bonchev–Trinajstić information content (AvgIpc) is 3.13. The number of halogens is 1. The maximum absolute atomic E-state index is 13.3. The molecule has 3 aromatic rings. The number of hydrogen-bond donors (Lipinski definition) is 1. The van der Waals surface area contributed by atoms with Crippen molar-refractivity contribution in [3.63, 3.8) is 0 Å². The molecule has 1 saturated heterocycles. The Morgan fingerprint density at radius 3 is 2.38 bits per heavy atom. The highest BCUT2D eigenvalue weighted by molar-refractivity contribution is 8.27. The van der Waals surface area contributed by atoms with Gasteiger partial charge in [0.2, 0.25) is 0 Å². The number of nitrogens with zero attached hydrogens (tertiary/aromatic N) is 1.